The van der Waals surface area contributed by atoms with Crippen molar-refractivity contribution in [3.63, 3.8) is 0 Å². The maximum absolute atomic E-state index is 12.8. The molecule has 0 aliphatic rings. The molecule has 1 aromatic carbocycles. The molecule has 0 radical (unpaired) electrons. The van der Waals surface area contributed by atoms with Gasteiger partial charge in [-0.15, -0.1) is 10.2 Å². The maximum atomic E-state index is 12.8. The van der Waals surface area contributed by atoms with E-state index in [2.05, 4.69) is 15.2 Å². The Morgan fingerprint density at radius 1 is 1.10 bits per heavy atom. The Morgan fingerprint density at radius 2 is 1.80 bits per heavy atom. The zero-order chi connectivity index (χ0) is 21.7. The zero-order valence-electron chi connectivity index (χ0n) is 17.9. The molecule has 0 bridgehead atoms. The van der Waals surface area contributed by atoms with E-state index in [0.29, 0.717) is 11.0 Å². The molecule has 0 saturated carbocycles. The quantitative estimate of drug-likeness (QED) is 0.507. The predicted molar refractivity (Wildman–Crippen MR) is 119 cm³/mol. The van der Waals surface area contributed by atoms with E-state index in [1.165, 1.54) is 11.8 Å². The molecule has 30 heavy (non-hydrogen) atoms. The third kappa shape index (κ3) is 4.81. The zero-order valence-corrected chi connectivity index (χ0v) is 18.8. The van der Waals surface area contributed by atoms with Crippen LogP contribution in [0.25, 0.3) is 17.1 Å². The van der Waals surface area contributed by atoms with Gasteiger partial charge in [0.1, 0.15) is 5.75 Å². The number of ether oxygens (including phenoxy) is 1. The Hall–Kier alpha value is -2.87. The number of pyridine rings is 1. The Kier molecular flexibility index (Phi) is 7.10. The van der Waals surface area contributed by atoms with E-state index in [0.717, 1.165) is 17.0 Å². The fourth-order valence-corrected chi connectivity index (χ4v) is 4.20. The summed E-state index contributed by atoms with van der Waals surface area (Å²) in [5, 5.41) is 9.43. The fraction of sp³-hybridized carbons (Fsp3) is 0.364. The van der Waals surface area contributed by atoms with Gasteiger partial charge in [-0.2, -0.15) is 0 Å². The molecule has 0 saturated heterocycles. The number of hydrogen-bond acceptors (Lipinski definition) is 6. The summed E-state index contributed by atoms with van der Waals surface area (Å²) < 4.78 is 7.22. The Bertz CT molecular complexity index is 963. The van der Waals surface area contributed by atoms with Gasteiger partial charge in [0, 0.05) is 35.7 Å². The van der Waals surface area contributed by atoms with Crippen molar-refractivity contribution in [3.05, 3.63) is 48.8 Å². The second kappa shape index (κ2) is 9.75. The number of carbonyl (C=O) groups excluding carboxylic acids is 1. The average Bonchev–Trinajstić information content (AvgIpc) is 3.16. The molecule has 0 fully saturated rings. The largest absolute Gasteiger partial charge is 0.497 e. The van der Waals surface area contributed by atoms with E-state index in [4.69, 9.17) is 4.74 Å². The van der Waals surface area contributed by atoms with Crippen molar-refractivity contribution >= 4 is 17.7 Å². The molecule has 1 amide bonds. The number of benzene rings is 1. The van der Waals surface area contributed by atoms with Crippen molar-refractivity contribution in [2.75, 3.05) is 12.9 Å². The molecule has 0 spiro atoms. The highest BCUT2D eigenvalue weighted by molar-refractivity contribution is 7.99. The van der Waals surface area contributed by atoms with Crippen molar-refractivity contribution in [3.8, 4) is 22.8 Å². The standard InChI is InChI=1S/C22H27N5O2S/c1-15(2)26(16(3)4)20(28)14-30-22-25-24-21(17-7-6-12-23-13-17)27(22)18-8-10-19(29-5)11-9-18/h6-13,15-16H,14H2,1-5H3. The van der Waals surface area contributed by atoms with Crippen LogP contribution in [0, 0.1) is 0 Å². The minimum Gasteiger partial charge on any atom is -0.497 e. The molecule has 0 aliphatic carbocycles. The van der Waals surface area contributed by atoms with E-state index < -0.39 is 0 Å². The first-order valence-electron chi connectivity index (χ1n) is 9.86. The van der Waals surface area contributed by atoms with E-state index in [9.17, 15) is 4.79 Å². The van der Waals surface area contributed by atoms with Gasteiger partial charge in [-0.1, -0.05) is 11.8 Å². The van der Waals surface area contributed by atoms with Crippen LogP contribution in [-0.2, 0) is 4.79 Å². The molecule has 0 aliphatic heterocycles. The highest BCUT2D eigenvalue weighted by Crippen LogP contribution is 2.29. The van der Waals surface area contributed by atoms with Crippen LogP contribution in [0.2, 0.25) is 0 Å². The molecule has 0 unspecified atom stereocenters. The topological polar surface area (TPSA) is 73.1 Å². The van der Waals surface area contributed by atoms with Gasteiger partial charge in [0.25, 0.3) is 0 Å². The summed E-state index contributed by atoms with van der Waals surface area (Å²) in [7, 11) is 1.64. The van der Waals surface area contributed by atoms with Crippen LogP contribution in [0.3, 0.4) is 0 Å². The molecule has 2 aromatic heterocycles. The SMILES string of the molecule is COc1ccc(-n2c(SCC(=O)N(C(C)C)C(C)C)nnc2-c2cccnc2)cc1. The van der Waals surface area contributed by atoms with Crippen LogP contribution >= 0.6 is 11.8 Å². The summed E-state index contributed by atoms with van der Waals surface area (Å²) in [4.78, 5) is 18.9. The Morgan fingerprint density at radius 3 is 2.37 bits per heavy atom. The third-order valence-electron chi connectivity index (χ3n) is 4.61. The van der Waals surface area contributed by atoms with Crippen LogP contribution in [0.15, 0.2) is 53.9 Å². The van der Waals surface area contributed by atoms with Gasteiger partial charge >= 0.3 is 0 Å². The number of carbonyl (C=O) groups is 1. The lowest BCUT2D eigenvalue weighted by atomic mass is 10.2. The average molecular weight is 426 g/mol. The van der Waals surface area contributed by atoms with Crippen LogP contribution in [0.5, 0.6) is 5.75 Å². The lowest BCUT2D eigenvalue weighted by molar-refractivity contribution is -0.131. The summed E-state index contributed by atoms with van der Waals surface area (Å²) in [6.07, 6.45) is 3.47. The molecular formula is C22H27N5O2S. The normalized spacial score (nSPS) is 11.2. The summed E-state index contributed by atoms with van der Waals surface area (Å²) in [5.74, 6) is 1.81. The number of aromatic nitrogens is 4. The van der Waals surface area contributed by atoms with Gasteiger partial charge in [0.15, 0.2) is 11.0 Å². The van der Waals surface area contributed by atoms with Crippen LogP contribution in [-0.4, -0.2) is 55.5 Å². The second-order valence-corrected chi connectivity index (χ2v) is 8.30. The molecule has 7 nitrogen and oxygen atoms in total. The number of hydrogen-bond donors (Lipinski definition) is 0. The Labute approximate surface area is 181 Å². The van der Waals surface area contributed by atoms with Crippen LogP contribution < -0.4 is 4.74 Å². The lowest BCUT2D eigenvalue weighted by Gasteiger charge is -2.30. The van der Waals surface area contributed by atoms with Crippen molar-refractivity contribution < 1.29 is 9.53 Å². The molecule has 2 heterocycles. The molecule has 158 valence electrons. The number of rotatable bonds is 8. The molecular weight excluding hydrogens is 398 g/mol. The van der Waals surface area contributed by atoms with Crippen molar-refractivity contribution in [2.45, 2.75) is 44.9 Å². The maximum Gasteiger partial charge on any atom is 0.233 e. The summed E-state index contributed by atoms with van der Waals surface area (Å²) in [5.41, 5.74) is 1.74. The lowest BCUT2D eigenvalue weighted by Crippen LogP contribution is -2.43. The molecule has 0 atom stereocenters. The first kappa shape index (κ1) is 21.8. The minimum atomic E-state index is 0.0807. The Balaban J connectivity index is 1.94. The van der Waals surface area contributed by atoms with Gasteiger partial charge in [0.2, 0.25) is 5.91 Å². The van der Waals surface area contributed by atoms with Crippen LogP contribution in [0.1, 0.15) is 27.7 Å². The van der Waals surface area contributed by atoms with E-state index in [1.807, 2.05) is 73.6 Å². The van der Waals surface area contributed by atoms with Crippen LogP contribution in [0.4, 0.5) is 0 Å². The summed E-state index contributed by atoms with van der Waals surface area (Å²) in [6, 6.07) is 11.8. The first-order chi connectivity index (χ1) is 14.4. The van der Waals surface area contributed by atoms with Gasteiger partial charge in [0.05, 0.1) is 12.9 Å². The van der Waals surface area contributed by atoms with Gasteiger partial charge in [-0.05, 0) is 64.1 Å². The monoisotopic (exact) mass is 425 g/mol. The van der Waals surface area contributed by atoms with Crippen molar-refractivity contribution in [1.82, 2.24) is 24.6 Å². The number of methoxy groups -OCH3 is 1. The first-order valence-corrected chi connectivity index (χ1v) is 10.8. The predicted octanol–water partition coefficient (Wildman–Crippen LogP) is 4.08. The summed E-state index contributed by atoms with van der Waals surface area (Å²) in [6.45, 7) is 8.12. The van der Waals surface area contributed by atoms with E-state index in [1.54, 1.807) is 19.5 Å². The van der Waals surface area contributed by atoms with E-state index in [-0.39, 0.29) is 23.7 Å². The second-order valence-electron chi connectivity index (χ2n) is 7.36. The number of nitrogens with zero attached hydrogens (tertiary/aromatic N) is 5. The highest BCUT2D eigenvalue weighted by Gasteiger charge is 2.22. The third-order valence-corrected chi connectivity index (χ3v) is 5.52. The molecule has 0 N–H and O–H groups in total. The molecule has 8 heteroatoms. The number of thioether (sulfide) groups is 1. The highest BCUT2D eigenvalue weighted by atomic mass is 32.2. The van der Waals surface area contributed by atoms with Gasteiger partial charge < -0.3 is 9.64 Å². The summed E-state index contributed by atoms with van der Waals surface area (Å²) >= 11 is 1.39. The minimum absolute atomic E-state index is 0.0807. The van der Waals surface area contributed by atoms with Crippen molar-refractivity contribution in [1.29, 1.82) is 0 Å². The molecule has 3 rings (SSSR count). The fourth-order valence-electron chi connectivity index (χ4n) is 3.38. The van der Waals surface area contributed by atoms with Gasteiger partial charge in [-0.3, -0.25) is 14.3 Å². The smallest absolute Gasteiger partial charge is 0.233 e. The van der Waals surface area contributed by atoms with Gasteiger partial charge in [-0.25, -0.2) is 0 Å². The number of amides is 1. The van der Waals surface area contributed by atoms with Crippen molar-refractivity contribution in [2.24, 2.45) is 0 Å². The van der Waals surface area contributed by atoms with E-state index >= 15 is 0 Å². The molecule has 3 aromatic rings.